The van der Waals surface area contributed by atoms with Crippen molar-refractivity contribution in [3.05, 3.63) is 65.7 Å². The summed E-state index contributed by atoms with van der Waals surface area (Å²) < 4.78 is 4.91. The molecule has 1 heterocycles. The van der Waals surface area contributed by atoms with E-state index in [1.807, 2.05) is 24.3 Å². The van der Waals surface area contributed by atoms with Crippen molar-refractivity contribution in [1.82, 2.24) is 0 Å². The van der Waals surface area contributed by atoms with Crippen molar-refractivity contribution < 1.29 is 9.53 Å². The fraction of sp³-hybridized carbons (Fsp3) is 0.278. The minimum absolute atomic E-state index is 0.189. The number of carbonyl (C=O) groups excluding carboxylic acids is 1. The molecule has 3 heteroatoms. The van der Waals surface area contributed by atoms with Crippen LogP contribution in [0.25, 0.3) is 0 Å². The van der Waals surface area contributed by atoms with Gasteiger partial charge in [-0.3, -0.25) is 4.79 Å². The SMILES string of the molecule is COC(=O)CC1(c2ccccc2)CCc2ccccc2N1. The third kappa shape index (κ3) is 2.64. The van der Waals surface area contributed by atoms with E-state index in [1.54, 1.807) is 0 Å². The lowest BCUT2D eigenvalue weighted by atomic mass is 9.78. The van der Waals surface area contributed by atoms with Crippen LogP contribution in [0.2, 0.25) is 0 Å². The Morgan fingerprint density at radius 3 is 2.62 bits per heavy atom. The van der Waals surface area contributed by atoms with Gasteiger partial charge in [-0.1, -0.05) is 48.5 Å². The largest absolute Gasteiger partial charge is 0.469 e. The highest BCUT2D eigenvalue weighted by atomic mass is 16.5. The summed E-state index contributed by atoms with van der Waals surface area (Å²) in [4.78, 5) is 11.9. The lowest BCUT2D eigenvalue weighted by Gasteiger charge is -2.40. The Balaban J connectivity index is 2.01. The first-order chi connectivity index (χ1) is 10.2. The zero-order valence-corrected chi connectivity index (χ0v) is 12.1. The average molecular weight is 281 g/mol. The number of anilines is 1. The van der Waals surface area contributed by atoms with Crippen molar-refractivity contribution in [1.29, 1.82) is 0 Å². The van der Waals surface area contributed by atoms with E-state index in [4.69, 9.17) is 4.74 Å². The number of nitrogens with one attached hydrogen (secondary N) is 1. The minimum Gasteiger partial charge on any atom is -0.469 e. The van der Waals surface area contributed by atoms with Gasteiger partial charge in [-0.05, 0) is 30.0 Å². The highest BCUT2D eigenvalue weighted by molar-refractivity contribution is 5.73. The van der Waals surface area contributed by atoms with Gasteiger partial charge in [0.15, 0.2) is 0 Å². The third-order valence-corrected chi connectivity index (χ3v) is 4.21. The number of benzene rings is 2. The van der Waals surface area contributed by atoms with Gasteiger partial charge in [-0.2, -0.15) is 0 Å². The molecule has 0 bridgehead atoms. The maximum atomic E-state index is 11.9. The van der Waals surface area contributed by atoms with E-state index in [0.717, 1.165) is 24.1 Å². The second kappa shape index (κ2) is 5.60. The van der Waals surface area contributed by atoms with Crippen LogP contribution in [0.4, 0.5) is 5.69 Å². The molecule has 2 aromatic carbocycles. The summed E-state index contributed by atoms with van der Waals surface area (Å²) in [6, 6.07) is 18.4. The Morgan fingerprint density at radius 1 is 1.14 bits per heavy atom. The first-order valence-electron chi connectivity index (χ1n) is 7.22. The predicted molar refractivity (Wildman–Crippen MR) is 83.1 cm³/mol. The standard InChI is InChI=1S/C18H19NO2/c1-21-17(20)13-18(15-8-3-2-4-9-15)12-11-14-7-5-6-10-16(14)19-18/h2-10,19H,11-13H2,1H3. The third-order valence-electron chi connectivity index (χ3n) is 4.21. The van der Waals surface area contributed by atoms with Crippen molar-refractivity contribution in [3.8, 4) is 0 Å². The molecular weight excluding hydrogens is 262 g/mol. The van der Waals surface area contributed by atoms with Crippen LogP contribution in [0.15, 0.2) is 54.6 Å². The number of para-hydroxylation sites is 1. The van der Waals surface area contributed by atoms with Crippen LogP contribution < -0.4 is 5.32 Å². The summed E-state index contributed by atoms with van der Waals surface area (Å²) in [6.45, 7) is 0. The highest BCUT2D eigenvalue weighted by Crippen LogP contribution is 2.40. The normalized spacial score (nSPS) is 20.2. The molecule has 3 nitrogen and oxygen atoms in total. The molecular formula is C18H19NO2. The number of hydrogen-bond donors (Lipinski definition) is 1. The summed E-state index contributed by atoms with van der Waals surface area (Å²) in [7, 11) is 1.44. The van der Waals surface area contributed by atoms with Crippen LogP contribution >= 0.6 is 0 Å². The summed E-state index contributed by atoms with van der Waals surface area (Å²) in [6.07, 6.45) is 2.17. The molecule has 2 aromatic rings. The van der Waals surface area contributed by atoms with Gasteiger partial charge in [-0.15, -0.1) is 0 Å². The van der Waals surface area contributed by atoms with E-state index < -0.39 is 0 Å². The molecule has 3 rings (SSSR count). The lowest BCUT2D eigenvalue weighted by Crippen LogP contribution is -2.41. The molecule has 1 aliphatic rings. The summed E-state index contributed by atoms with van der Waals surface area (Å²) in [5.41, 5.74) is 3.15. The smallest absolute Gasteiger partial charge is 0.308 e. The van der Waals surface area contributed by atoms with Gasteiger partial charge in [-0.25, -0.2) is 0 Å². The number of fused-ring (bicyclic) bond motifs is 1. The molecule has 108 valence electrons. The van der Waals surface area contributed by atoms with Gasteiger partial charge >= 0.3 is 5.97 Å². The molecule has 1 aliphatic heterocycles. The van der Waals surface area contributed by atoms with E-state index in [0.29, 0.717) is 6.42 Å². The molecule has 0 aromatic heterocycles. The summed E-state index contributed by atoms with van der Waals surface area (Å²) >= 11 is 0. The fourth-order valence-electron chi connectivity index (χ4n) is 3.06. The number of methoxy groups -OCH3 is 1. The number of rotatable bonds is 3. The molecule has 1 atom stereocenters. The van der Waals surface area contributed by atoms with E-state index in [9.17, 15) is 4.79 Å². The Morgan fingerprint density at radius 2 is 1.86 bits per heavy atom. The molecule has 1 N–H and O–H groups in total. The van der Waals surface area contributed by atoms with Gasteiger partial charge in [0, 0.05) is 5.69 Å². The summed E-state index contributed by atoms with van der Waals surface area (Å²) in [5.74, 6) is -0.189. The maximum Gasteiger partial charge on any atom is 0.308 e. The zero-order valence-electron chi connectivity index (χ0n) is 12.1. The Hall–Kier alpha value is -2.29. The molecule has 21 heavy (non-hydrogen) atoms. The summed E-state index contributed by atoms with van der Waals surface area (Å²) in [5, 5.41) is 3.59. The van der Waals surface area contributed by atoms with E-state index in [2.05, 4.69) is 35.6 Å². The Labute approximate surface area is 124 Å². The first kappa shape index (κ1) is 13.7. The Bertz CT molecular complexity index is 639. The number of carbonyl (C=O) groups is 1. The lowest BCUT2D eigenvalue weighted by molar-refractivity contribution is -0.142. The van der Waals surface area contributed by atoms with Gasteiger partial charge in [0.1, 0.15) is 0 Å². The average Bonchev–Trinajstić information content (AvgIpc) is 2.55. The van der Waals surface area contributed by atoms with E-state index in [1.165, 1.54) is 12.7 Å². The quantitative estimate of drug-likeness (QED) is 0.875. The van der Waals surface area contributed by atoms with Crippen molar-refractivity contribution >= 4 is 11.7 Å². The molecule has 0 aliphatic carbocycles. The van der Waals surface area contributed by atoms with Crippen molar-refractivity contribution in [3.63, 3.8) is 0 Å². The zero-order chi connectivity index (χ0) is 14.7. The number of hydrogen-bond acceptors (Lipinski definition) is 3. The number of aryl methyl sites for hydroxylation is 1. The van der Waals surface area contributed by atoms with Crippen LogP contribution in [0.3, 0.4) is 0 Å². The molecule has 0 spiro atoms. The topological polar surface area (TPSA) is 38.3 Å². The van der Waals surface area contributed by atoms with Crippen molar-refractivity contribution in [2.45, 2.75) is 24.8 Å². The maximum absolute atomic E-state index is 11.9. The number of ether oxygens (including phenoxy) is 1. The molecule has 0 fully saturated rings. The molecule has 0 saturated carbocycles. The van der Waals surface area contributed by atoms with Crippen LogP contribution in [-0.4, -0.2) is 13.1 Å². The second-order valence-electron chi connectivity index (χ2n) is 5.48. The van der Waals surface area contributed by atoms with Crippen LogP contribution in [0.1, 0.15) is 24.0 Å². The minimum atomic E-state index is -0.386. The second-order valence-corrected chi connectivity index (χ2v) is 5.48. The van der Waals surface area contributed by atoms with Crippen LogP contribution in [0, 0.1) is 0 Å². The van der Waals surface area contributed by atoms with Crippen molar-refractivity contribution in [2.24, 2.45) is 0 Å². The number of esters is 1. The van der Waals surface area contributed by atoms with Gasteiger partial charge < -0.3 is 10.1 Å². The van der Waals surface area contributed by atoms with Crippen LogP contribution in [-0.2, 0) is 21.5 Å². The molecule has 0 amide bonds. The van der Waals surface area contributed by atoms with Gasteiger partial charge in [0.25, 0.3) is 0 Å². The van der Waals surface area contributed by atoms with E-state index in [-0.39, 0.29) is 11.5 Å². The first-order valence-corrected chi connectivity index (χ1v) is 7.22. The van der Waals surface area contributed by atoms with Gasteiger partial charge in [0.05, 0.1) is 19.1 Å². The Kier molecular flexibility index (Phi) is 3.65. The predicted octanol–water partition coefficient (Wildman–Crippen LogP) is 3.50. The van der Waals surface area contributed by atoms with Crippen molar-refractivity contribution in [2.75, 3.05) is 12.4 Å². The molecule has 1 unspecified atom stereocenters. The molecule has 0 radical (unpaired) electrons. The van der Waals surface area contributed by atoms with Crippen LogP contribution in [0.5, 0.6) is 0 Å². The van der Waals surface area contributed by atoms with Gasteiger partial charge in [0.2, 0.25) is 0 Å². The highest BCUT2D eigenvalue weighted by Gasteiger charge is 2.37. The fourth-order valence-corrected chi connectivity index (χ4v) is 3.06. The van der Waals surface area contributed by atoms with E-state index >= 15 is 0 Å². The monoisotopic (exact) mass is 281 g/mol. The molecule has 0 saturated heterocycles.